The van der Waals surface area contributed by atoms with E-state index in [4.69, 9.17) is 14.6 Å². The number of ether oxygens (including phenoxy) is 2. The van der Waals surface area contributed by atoms with E-state index in [-0.39, 0.29) is 12.5 Å². The fourth-order valence-corrected chi connectivity index (χ4v) is 2.20. The van der Waals surface area contributed by atoms with Gasteiger partial charge in [-0.05, 0) is 39.5 Å². The monoisotopic (exact) mass is 273 g/mol. The van der Waals surface area contributed by atoms with E-state index < -0.39 is 23.7 Å². The highest BCUT2D eigenvalue weighted by Crippen LogP contribution is 2.28. The van der Waals surface area contributed by atoms with Crippen molar-refractivity contribution in [3.8, 4) is 0 Å². The molecule has 0 unspecified atom stereocenters. The molecule has 6 heteroatoms. The van der Waals surface area contributed by atoms with Crippen LogP contribution in [0.5, 0.6) is 0 Å². The zero-order valence-corrected chi connectivity index (χ0v) is 12.0. The van der Waals surface area contributed by atoms with E-state index in [1.54, 1.807) is 20.8 Å². The number of aliphatic hydroxyl groups excluding tert-OH is 1. The van der Waals surface area contributed by atoms with Crippen molar-refractivity contribution in [2.75, 3.05) is 20.3 Å². The van der Waals surface area contributed by atoms with Crippen LogP contribution in [0.15, 0.2) is 0 Å². The molecule has 1 N–H and O–H groups in total. The summed E-state index contributed by atoms with van der Waals surface area (Å²) in [5, 5.41) is 8.97. The zero-order chi connectivity index (χ0) is 14.6. The van der Waals surface area contributed by atoms with Crippen LogP contribution >= 0.6 is 0 Å². The maximum Gasteiger partial charge on any atom is 0.411 e. The minimum Gasteiger partial charge on any atom is -0.467 e. The predicted octanol–water partition coefficient (Wildman–Crippen LogP) is 1.17. The molecular formula is C13H23NO5. The molecule has 110 valence electrons. The van der Waals surface area contributed by atoms with Gasteiger partial charge in [-0.25, -0.2) is 9.59 Å². The minimum absolute atomic E-state index is 0.0424. The first kappa shape index (κ1) is 15.8. The highest BCUT2D eigenvalue weighted by Gasteiger charge is 2.41. The summed E-state index contributed by atoms with van der Waals surface area (Å²) in [4.78, 5) is 25.2. The third-order valence-electron chi connectivity index (χ3n) is 3.03. The summed E-state index contributed by atoms with van der Waals surface area (Å²) in [6.45, 7) is 5.79. The second-order valence-corrected chi connectivity index (χ2v) is 5.79. The molecule has 1 amide bonds. The number of nitrogens with zero attached hydrogens (tertiary/aromatic N) is 1. The minimum atomic E-state index is -0.614. The Bertz CT molecular complexity index is 336. The first-order valence-corrected chi connectivity index (χ1v) is 6.46. The summed E-state index contributed by atoms with van der Waals surface area (Å²) >= 11 is 0. The van der Waals surface area contributed by atoms with E-state index in [1.165, 1.54) is 12.0 Å². The molecule has 0 aromatic carbocycles. The molecule has 19 heavy (non-hydrogen) atoms. The number of carbonyl (C=O) groups is 2. The van der Waals surface area contributed by atoms with Crippen molar-refractivity contribution in [2.24, 2.45) is 5.92 Å². The van der Waals surface area contributed by atoms with Crippen molar-refractivity contribution in [3.05, 3.63) is 0 Å². The SMILES string of the molecule is COC(=O)[C@H]1C[C@@H](CCO)CN1C(=O)OC(C)(C)C. The summed E-state index contributed by atoms with van der Waals surface area (Å²) in [6, 6.07) is -0.614. The topological polar surface area (TPSA) is 76.1 Å². The van der Waals surface area contributed by atoms with E-state index in [9.17, 15) is 9.59 Å². The molecule has 6 nitrogen and oxygen atoms in total. The maximum absolute atomic E-state index is 12.1. The number of hydrogen-bond donors (Lipinski definition) is 1. The lowest BCUT2D eigenvalue weighted by Crippen LogP contribution is -2.43. The van der Waals surface area contributed by atoms with Gasteiger partial charge in [0, 0.05) is 13.2 Å². The van der Waals surface area contributed by atoms with Gasteiger partial charge in [0.05, 0.1) is 7.11 Å². The highest BCUT2D eigenvalue weighted by atomic mass is 16.6. The molecule has 0 aromatic heterocycles. The van der Waals surface area contributed by atoms with E-state index in [0.717, 1.165) is 0 Å². The summed E-state index contributed by atoms with van der Waals surface area (Å²) in [5.74, 6) is -0.340. The van der Waals surface area contributed by atoms with Gasteiger partial charge in [-0.3, -0.25) is 4.90 Å². The van der Waals surface area contributed by atoms with Gasteiger partial charge in [-0.15, -0.1) is 0 Å². The summed E-state index contributed by atoms with van der Waals surface area (Å²) in [7, 11) is 1.30. The number of methoxy groups -OCH3 is 1. The van der Waals surface area contributed by atoms with Crippen LogP contribution in [0.1, 0.15) is 33.6 Å². The quantitative estimate of drug-likeness (QED) is 0.781. The lowest BCUT2D eigenvalue weighted by atomic mass is 10.0. The molecule has 1 fully saturated rings. The first-order chi connectivity index (χ1) is 8.78. The van der Waals surface area contributed by atoms with Gasteiger partial charge in [0.15, 0.2) is 0 Å². The van der Waals surface area contributed by atoms with Gasteiger partial charge in [-0.2, -0.15) is 0 Å². The van der Waals surface area contributed by atoms with Crippen molar-refractivity contribution in [1.29, 1.82) is 0 Å². The lowest BCUT2D eigenvalue weighted by Gasteiger charge is -2.27. The van der Waals surface area contributed by atoms with Gasteiger partial charge in [0.2, 0.25) is 0 Å². The number of esters is 1. The average molecular weight is 273 g/mol. The Labute approximate surface area is 113 Å². The van der Waals surface area contributed by atoms with E-state index in [1.807, 2.05) is 0 Å². The van der Waals surface area contributed by atoms with Crippen LogP contribution in [0.4, 0.5) is 4.79 Å². The van der Waals surface area contributed by atoms with Gasteiger partial charge in [-0.1, -0.05) is 0 Å². The second kappa shape index (κ2) is 6.23. The van der Waals surface area contributed by atoms with Crippen LogP contribution in [0.25, 0.3) is 0 Å². The van der Waals surface area contributed by atoms with Crippen LogP contribution in [0.3, 0.4) is 0 Å². The molecule has 0 bridgehead atoms. The molecule has 1 aliphatic heterocycles. The van der Waals surface area contributed by atoms with Crippen molar-refractivity contribution >= 4 is 12.1 Å². The lowest BCUT2D eigenvalue weighted by molar-refractivity contribution is -0.145. The van der Waals surface area contributed by atoms with Crippen molar-refractivity contribution < 1.29 is 24.2 Å². The largest absolute Gasteiger partial charge is 0.467 e. The first-order valence-electron chi connectivity index (χ1n) is 6.46. The molecule has 1 heterocycles. The summed E-state index contributed by atoms with van der Waals surface area (Å²) in [6.07, 6.45) is 0.558. The van der Waals surface area contributed by atoms with Crippen molar-refractivity contribution in [2.45, 2.75) is 45.3 Å². The van der Waals surface area contributed by atoms with Crippen molar-refractivity contribution in [3.63, 3.8) is 0 Å². The average Bonchev–Trinajstić information content (AvgIpc) is 2.70. The van der Waals surface area contributed by atoms with Gasteiger partial charge in [0.25, 0.3) is 0 Å². The van der Waals surface area contributed by atoms with Gasteiger partial charge in [0.1, 0.15) is 11.6 Å². The molecular weight excluding hydrogens is 250 g/mol. The Kier molecular flexibility index (Phi) is 5.17. The standard InChI is InChI=1S/C13H23NO5/c1-13(2,3)19-12(17)14-8-9(5-6-15)7-10(14)11(16)18-4/h9-10,15H,5-8H2,1-4H3/t9-,10-/m1/s1. The number of rotatable bonds is 3. The number of carbonyl (C=O) groups excluding carboxylic acids is 2. The third kappa shape index (κ3) is 4.38. The Morgan fingerprint density at radius 2 is 2.00 bits per heavy atom. The van der Waals surface area contributed by atoms with Crippen LogP contribution < -0.4 is 0 Å². The summed E-state index contributed by atoms with van der Waals surface area (Å²) < 4.78 is 10.0. The van der Waals surface area contributed by atoms with Crippen LogP contribution in [0.2, 0.25) is 0 Å². The van der Waals surface area contributed by atoms with E-state index in [0.29, 0.717) is 19.4 Å². The molecule has 1 saturated heterocycles. The number of likely N-dealkylation sites (tertiary alicyclic amines) is 1. The van der Waals surface area contributed by atoms with Crippen LogP contribution in [-0.4, -0.2) is 54.0 Å². The van der Waals surface area contributed by atoms with E-state index in [2.05, 4.69) is 0 Å². The number of hydrogen-bond acceptors (Lipinski definition) is 5. The van der Waals surface area contributed by atoms with Gasteiger partial charge < -0.3 is 14.6 Å². The Morgan fingerprint density at radius 1 is 1.37 bits per heavy atom. The zero-order valence-electron chi connectivity index (χ0n) is 12.0. The smallest absolute Gasteiger partial charge is 0.411 e. The molecule has 0 saturated carbocycles. The number of aliphatic hydroxyl groups is 1. The van der Waals surface area contributed by atoms with Gasteiger partial charge >= 0.3 is 12.1 Å². The molecule has 0 aliphatic carbocycles. The fourth-order valence-electron chi connectivity index (χ4n) is 2.20. The molecule has 1 rings (SSSR count). The normalized spacial score (nSPS) is 23.3. The Morgan fingerprint density at radius 3 is 2.47 bits per heavy atom. The van der Waals surface area contributed by atoms with Crippen molar-refractivity contribution in [1.82, 2.24) is 4.90 Å². The Balaban J connectivity index is 2.76. The maximum atomic E-state index is 12.1. The summed E-state index contributed by atoms with van der Waals surface area (Å²) in [5.41, 5.74) is -0.604. The second-order valence-electron chi connectivity index (χ2n) is 5.79. The Hall–Kier alpha value is -1.30. The molecule has 0 aromatic rings. The highest BCUT2D eigenvalue weighted by molar-refractivity contribution is 5.82. The van der Waals surface area contributed by atoms with Crippen LogP contribution in [0, 0.1) is 5.92 Å². The predicted molar refractivity (Wildman–Crippen MR) is 68.6 cm³/mol. The molecule has 2 atom stereocenters. The van der Waals surface area contributed by atoms with E-state index >= 15 is 0 Å². The van der Waals surface area contributed by atoms with Crippen LogP contribution in [-0.2, 0) is 14.3 Å². The fraction of sp³-hybridized carbons (Fsp3) is 0.846. The molecule has 0 spiro atoms. The third-order valence-corrected chi connectivity index (χ3v) is 3.03. The molecule has 0 radical (unpaired) electrons. The number of amides is 1. The molecule has 1 aliphatic rings.